The number of rotatable bonds is 4. The summed E-state index contributed by atoms with van der Waals surface area (Å²) in [5.41, 5.74) is 4.12. The fourth-order valence-corrected chi connectivity index (χ4v) is 2.31. The van der Waals surface area contributed by atoms with Gasteiger partial charge in [-0.25, -0.2) is 4.79 Å². The van der Waals surface area contributed by atoms with E-state index in [4.69, 9.17) is 15.2 Å². The lowest BCUT2D eigenvalue weighted by Crippen LogP contribution is -2.53. The number of carbonyl (C=O) groups is 2. The number of carbonyl (C=O) groups excluding carboxylic acids is 2. The van der Waals surface area contributed by atoms with Crippen LogP contribution in [0.25, 0.3) is 0 Å². The van der Waals surface area contributed by atoms with E-state index >= 15 is 0 Å². The van der Waals surface area contributed by atoms with Crippen LogP contribution in [-0.4, -0.2) is 47.8 Å². The zero-order valence-corrected chi connectivity index (χ0v) is 12.9. The van der Waals surface area contributed by atoms with Crippen LogP contribution >= 0.6 is 0 Å². The Bertz CT molecular complexity index is 365. The minimum absolute atomic E-state index is 0.115. The average Bonchev–Trinajstić information content (AvgIpc) is 2.34. The van der Waals surface area contributed by atoms with Gasteiger partial charge >= 0.3 is 6.09 Å². The van der Waals surface area contributed by atoms with E-state index in [1.807, 2.05) is 27.7 Å². The van der Waals surface area contributed by atoms with Crippen LogP contribution in [0.5, 0.6) is 0 Å². The maximum Gasteiger partial charge on any atom is 0.410 e. The summed E-state index contributed by atoms with van der Waals surface area (Å²) in [6.07, 6.45) is 2.03. The molecule has 0 radical (unpaired) electrons. The highest BCUT2D eigenvalue weighted by Gasteiger charge is 2.38. The number of piperidine rings is 1. The van der Waals surface area contributed by atoms with E-state index in [-0.39, 0.29) is 12.7 Å². The molecular formula is C14H26N2O4. The van der Waals surface area contributed by atoms with Crippen LogP contribution in [0.1, 0.15) is 47.0 Å². The van der Waals surface area contributed by atoms with Gasteiger partial charge in [0, 0.05) is 6.54 Å². The normalized spacial score (nSPS) is 23.5. The lowest BCUT2D eigenvalue weighted by atomic mass is 9.90. The number of amides is 2. The molecule has 2 amide bonds. The van der Waals surface area contributed by atoms with Gasteiger partial charge in [-0.15, -0.1) is 0 Å². The Morgan fingerprint density at radius 3 is 2.50 bits per heavy atom. The van der Waals surface area contributed by atoms with E-state index < -0.39 is 17.1 Å². The third kappa shape index (κ3) is 5.00. The second-order valence-corrected chi connectivity index (χ2v) is 6.30. The minimum atomic E-state index is -0.516. The summed E-state index contributed by atoms with van der Waals surface area (Å²) in [6.45, 7) is 8.47. The maximum absolute atomic E-state index is 12.1. The van der Waals surface area contributed by atoms with Gasteiger partial charge in [0.25, 0.3) is 0 Å². The van der Waals surface area contributed by atoms with E-state index in [1.54, 1.807) is 4.90 Å². The first-order valence-electron chi connectivity index (χ1n) is 7.08. The lowest BCUT2D eigenvalue weighted by Gasteiger charge is -2.42. The maximum atomic E-state index is 12.1. The molecule has 1 heterocycles. The molecule has 0 aliphatic carbocycles. The molecule has 1 unspecified atom stereocenters. The molecule has 0 spiro atoms. The van der Waals surface area contributed by atoms with Gasteiger partial charge in [0.2, 0.25) is 5.91 Å². The molecule has 1 aliphatic heterocycles. The Morgan fingerprint density at radius 2 is 2.00 bits per heavy atom. The molecule has 0 aromatic heterocycles. The van der Waals surface area contributed by atoms with Crippen molar-refractivity contribution >= 4 is 12.0 Å². The fraction of sp³-hybridized carbons (Fsp3) is 0.857. The second-order valence-electron chi connectivity index (χ2n) is 6.30. The standard InChI is InChI=1S/C14H26N2O4/c1-5-14(19-9-11(15)17)7-6-8-16(10-14)12(18)20-13(2,3)4/h5-10H2,1-4H3,(H2,15,17). The van der Waals surface area contributed by atoms with Gasteiger partial charge in [0.05, 0.1) is 12.1 Å². The number of hydrogen-bond acceptors (Lipinski definition) is 4. The van der Waals surface area contributed by atoms with Gasteiger partial charge in [0.1, 0.15) is 12.2 Å². The number of nitrogens with zero attached hydrogens (tertiary/aromatic N) is 1. The molecular weight excluding hydrogens is 260 g/mol. The Labute approximate surface area is 120 Å². The fourth-order valence-electron chi connectivity index (χ4n) is 2.31. The average molecular weight is 286 g/mol. The van der Waals surface area contributed by atoms with E-state index in [1.165, 1.54) is 0 Å². The first-order chi connectivity index (χ1) is 9.17. The summed E-state index contributed by atoms with van der Waals surface area (Å²) >= 11 is 0. The topological polar surface area (TPSA) is 81.9 Å². The first-order valence-corrected chi connectivity index (χ1v) is 7.08. The third-order valence-electron chi connectivity index (χ3n) is 3.36. The van der Waals surface area contributed by atoms with Crippen LogP contribution in [0, 0.1) is 0 Å². The second kappa shape index (κ2) is 6.43. The summed E-state index contributed by atoms with van der Waals surface area (Å²) in [6, 6.07) is 0. The Morgan fingerprint density at radius 1 is 1.35 bits per heavy atom. The van der Waals surface area contributed by atoms with Crippen molar-refractivity contribution in [2.75, 3.05) is 19.7 Å². The highest BCUT2D eigenvalue weighted by molar-refractivity contribution is 5.75. The number of ether oxygens (including phenoxy) is 2. The van der Waals surface area contributed by atoms with Gasteiger partial charge < -0.3 is 20.1 Å². The van der Waals surface area contributed by atoms with Crippen LogP contribution in [0.2, 0.25) is 0 Å². The zero-order chi connectivity index (χ0) is 15.4. The van der Waals surface area contributed by atoms with Gasteiger partial charge in [-0.1, -0.05) is 6.92 Å². The zero-order valence-electron chi connectivity index (χ0n) is 12.9. The van der Waals surface area contributed by atoms with E-state index in [0.29, 0.717) is 13.1 Å². The molecule has 0 saturated carbocycles. The summed E-state index contributed by atoms with van der Waals surface area (Å²) in [7, 11) is 0. The van der Waals surface area contributed by atoms with Crippen molar-refractivity contribution in [2.24, 2.45) is 5.73 Å². The molecule has 0 aromatic rings. The summed E-state index contributed by atoms with van der Waals surface area (Å²) in [5, 5.41) is 0. The predicted octanol–water partition coefficient (Wildman–Crippen LogP) is 1.67. The molecule has 116 valence electrons. The molecule has 20 heavy (non-hydrogen) atoms. The van der Waals surface area contributed by atoms with Gasteiger partial charge in [-0.3, -0.25) is 4.79 Å². The minimum Gasteiger partial charge on any atom is -0.444 e. The molecule has 6 nitrogen and oxygen atoms in total. The SMILES string of the molecule is CCC1(OCC(N)=O)CCCN(C(=O)OC(C)(C)C)C1. The Kier molecular flexibility index (Phi) is 5.39. The van der Waals surface area contributed by atoms with E-state index in [2.05, 4.69) is 0 Å². The van der Waals surface area contributed by atoms with Crippen LogP contribution in [0.4, 0.5) is 4.79 Å². The molecule has 1 fully saturated rings. The summed E-state index contributed by atoms with van der Waals surface area (Å²) in [5.74, 6) is -0.493. The smallest absolute Gasteiger partial charge is 0.410 e. The van der Waals surface area contributed by atoms with Gasteiger partial charge in [0.15, 0.2) is 0 Å². The predicted molar refractivity (Wildman–Crippen MR) is 75.2 cm³/mol. The van der Waals surface area contributed by atoms with Crippen molar-refractivity contribution < 1.29 is 19.1 Å². The molecule has 1 atom stereocenters. The molecule has 1 aliphatic rings. The third-order valence-corrected chi connectivity index (χ3v) is 3.36. The Balaban J connectivity index is 2.68. The van der Waals surface area contributed by atoms with Crippen molar-refractivity contribution in [1.82, 2.24) is 4.90 Å². The quantitative estimate of drug-likeness (QED) is 0.852. The van der Waals surface area contributed by atoms with Crippen molar-refractivity contribution in [3.8, 4) is 0 Å². The van der Waals surface area contributed by atoms with Crippen molar-refractivity contribution in [3.05, 3.63) is 0 Å². The lowest BCUT2D eigenvalue weighted by molar-refractivity contribution is -0.136. The van der Waals surface area contributed by atoms with E-state index in [9.17, 15) is 9.59 Å². The monoisotopic (exact) mass is 286 g/mol. The summed E-state index contributed by atoms with van der Waals surface area (Å²) in [4.78, 5) is 24.7. The largest absolute Gasteiger partial charge is 0.444 e. The molecule has 6 heteroatoms. The van der Waals surface area contributed by atoms with Crippen LogP contribution in [0.15, 0.2) is 0 Å². The summed E-state index contributed by atoms with van der Waals surface area (Å²) < 4.78 is 11.0. The van der Waals surface area contributed by atoms with Crippen LogP contribution in [0.3, 0.4) is 0 Å². The Hall–Kier alpha value is -1.30. The number of likely N-dealkylation sites (tertiary alicyclic amines) is 1. The number of hydrogen-bond donors (Lipinski definition) is 1. The van der Waals surface area contributed by atoms with Crippen LogP contribution in [-0.2, 0) is 14.3 Å². The highest BCUT2D eigenvalue weighted by Crippen LogP contribution is 2.29. The van der Waals surface area contributed by atoms with Gasteiger partial charge in [-0.2, -0.15) is 0 Å². The molecule has 2 N–H and O–H groups in total. The molecule has 0 bridgehead atoms. The first kappa shape index (κ1) is 16.8. The number of primary amides is 1. The van der Waals surface area contributed by atoms with Crippen molar-refractivity contribution in [3.63, 3.8) is 0 Å². The highest BCUT2D eigenvalue weighted by atomic mass is 16.6. The number of nitrogens with two attached hydrogens (primary N) is 1. The molecule has 1 saturated heterocycles. The van der Waals surface area contributed by atoms with E-state index in [0.717, 1.165) is 19.3 Å². The van der Waals surface area contributed by atoms with Gasteiger partial charge in [-0.05, 0) is 40.0 Å². The molecule has 0 aromatic carbocycles. The van der Waals surface area contributed by atoms with Crippen LogP contribution < -0.4 is 5.73 Å². The van der Waals surface area contributed by atoms with Crippen molar-refractivity contribution in [2.45, 2.75) is 58.2 Å². The van der Waals surface area contributed by atoms with Crippen molar-refractivity contribution in [1.29, 1.82) is 0 Å². The molecule has 1 rings (SSSR count).